The van der Waals surface area contributed by atoms with Gasteiger partial charge in [-0.15, -0.1) is 0 Å². The molecular weight excluding hydrogens is 327 g/mol. The molecule has 0 radical (unpaired) electrons. The van der Waals surface area contributed by atoms with Crippen molar-refractivity contribution in [2.24, 2.45) is 0 Å². The summed E-state index contributed by atoms with van der Waals surface area (Å²) in [5.41, 5.74) is 3.39. The first kappa shape index (κ1) is 15.1. The highest BCUT2D eigenvalue weighted by molar-refractivity contribution is 6.31. The Balaban J connectivity index is 1.84. The third kappa shape index (κ3) is 2.53. The van der Waals surface area contributed by atoms with Gasteiger partial charge in [0.05, 0.1) is 16.8 Å². The molecule has 0 atom stereocenters. The molecule has 3 nitrogen and oxygen atoms in total. The fourth-order valence-corrected chi connectivity index (χ4v) is 3.42. The molecule has 5 heteroatoms. The van der Waals surface area contributed by atoms with Crippen LogP contribution in [0.15, 0.2) is 42.5 Å². The van der Waals surface area contributed by atoms with E-state index in [2.05, 4.69) is 10.3 Å². The molecule has 0 bridgehead atoms. The Morgan fingerprint density at radius 1 is 1.17 bits per heavy atom. The number of carbonyl (C=O) groups excluding carboxylic acids is 1. The minimum atomic E-state index is -0.511. The summed E-state index contributed by atoms with van der Waals surface area (Å²) in [6, 6.07) is 11.7. The van der Waals surface area contributed by atoms with Crippen LogP contribution in [0.2, 0.25) is 5.02 Å². The number of aryl methyl sites for hydroxylation is 1. The number of carbonyl (C=O) groups is 1. The van der Waals surface area contributed by atoms with Gasteiger partial charge >= 0.3 is 0 Å². The second kappa shape index (κ2) is 5.87. The average molecular weight is 341 g/mol. The normalized spacial score (nSPS) is 13.1. The number of anilines is 1. The van der Waals surface area contributed by atoms with Gasteiger partial charge < -0.3 is 5.32 Å². The number of rotatable bonds is 2. The van der Waals surface area contributed by atoms with Crippen molar-refractivity contribution in [3.05, 3.63) is 70.1 Å². The number of benzene rings is 2. The van der Waals surface area contributed by atoms with Gasteiger partial charge in [-0.25, -0.2) is 4.39 Å². The van der Waals surface area contributed by atoms with E-state index in [1.807, 2.05) is 24.3 Å². The Morgan fingerprint density at radius 3 is 2.88 bits per heavy atom. The van der Waals surface area contributed by atoms with E-state index in [0.29, 0.717) is 10.6 Å². The number of pyridine rings is 1. The monoisotopic (exact) mass is 340 g/mol. The maximum atomic E-state index is 13.9. The molecule has 1 N–H and O–H groups in total. The van der Waals surface area contributed by atoms with Crippen molar-refractivity contribution in [1.29, 1.82) is 0 Å². The van der Waals surface area contributed by atoms with Gasteiger partial charge in [-0.1, -0.05) is 29.8 Å². The van der Waals surface area contributed by atoms with Crippen LogP contribution in [-0.2, 0) is 12.8 Å². The van der Waals surface area contributed by atoms with E-state index < -0.39 is 5.82 Å². The van der Waals surface area contributed by atoms with Gasteiger partial charge in [0.25, 0.3) is 5.91 Å². The lowest BCUT2D eigenvalue weighted by atomic mass is 10.0. The molecule has 1 heterocycles. The molecule has 24 heavy (non-hydrogen) atoms. The maximum absolute atomic E-state index is 13.9. The molecule has 0 aliphatic heterocycles. The summed E-state index contributed by atoms with van der Waals surface area (Å²) in [6.45, 7) is 0. The Labute approximate surface area is 143 Å². The molecule has 4 rings (SSSR count). The molecule has 0 saturated carbocycles. The number of nitrogens with zero attached hydrogens (tertiary/aromatic N) is 1. The van der Waals surface area contributed by atoms with Crippen LogP contribution >= 0.6 is 11.6 Å². The highest BCUT2D eigenvalue weighted by atomic mass is 35.5. The van der Waals surface area contributed by atoms with E-state index in [1.54, 1.807) is 0 Å². The molecule has 1 aromatic heterocycles. The third-order valence-electron chi connectivity index (χ3n) is 4.32. The fourth-order valence-electron chi connectivity index (χ4n) is 3.25. The fraction of sp³-hybridized carbons (Fsp3) is 0.158. The van der Waals surface area contributed by atoms with E-state index >= 15 is 0 Å². The topological polar surface area (TPSA) is 42.0 Å². The first-order valence-electron chi connectivity index (χ1n) is 7.80. The standard InChI is InChI=1S/C19H14ClFN2O/c20-11-8-9-14(21)17(10-11)23-19(24)18-12-4-1-2-6-15(12)22-16-7-3-5-13(16)18/h1-2,4,6,8-10H,3,5,7H2,(H,23,24). The van der Waals surface area contributed by atoms with Crippen molar-refractivity contribution in [3.8, 4) is 0 Å². The van der Waals surface area contributed by atoms with Crippen LogP contribution in [0.25, 0.3) is 10.9 Å². The molecule has 0 unspecified atom stereocenters. The Kier molecular flexibility index (Phi) is 3.69. The SMILES string of the molecule is O=C(Nc1cc(Cl)ccc1F)c1c2c(nc3ccccc13)CCC2. The molecule has 0 fully saturated rings. The van der Waals surface area contributed by atoms with Crippen LogP contribution in [0, 0.1) is 5.82 Å². The molecule has 2 aromatic carbocycles. The summed E-state index contributed by atoms with van der Waals surface area (Å²) >= 11 is 5.91. The quantitative estimate of drug-likeness (QED) is 0.730. The van der Waals surface area contributed by atoms with E-state index in [4.69, 9.17) is 11.6 Å². The predicted octanol–water partition coefficient (Wildman–Crippen LogP) is 4.77. The Hall–Kier alpha value is -2.46. The van der Waals surface area contributed by atoms with Crippen molar-refractivity contribution < 1.29 is 9.18 Å². The number of para-hydroxylation sites is 1. The summed E-state index contributed by atoms with van der Waals surface area (Å²) in [4.78, 5) is 17.6. The summed E-state index contributed by atoms with van der Waals surface area (Å²) in [5, 5.41) is 3.82. The van der Waals surface area contributed by atoms with Crippen molar-refractivity contribution in [1.82, 2.24) is 4.98 Å². The highest BCUT2D eigenvalue weighted by Crippen LogP contribution is 2.31. The zero-order chi connectivity index (χ0) is 16.7. The maximum Gasteiger partial charge on any atom is 0.256 e. The summed E-state index contributed by atoms with van der Waals surface area (Å²) in [5.74, 6) is -0.837. The van der Waals surface area contributed by atoms with E-state index in [-0.39, 0.29) is 11.6 Å². The van der Waals surface area contributed by atoms with Gasteiger partial charge in [0, 0.05) is 16.1 Å². The molecule has 3 aromatic rings. The number of hydrogen-bond donors (Lipinski definition) is 1. The van der Waals surface area contributed by atoms with Gasteiger partial charge in [0.15, 0.2) is 0 Å². The summed E-state index contributed by atoms with van der Waals surface area (Å²) < 4.78 is 13.9. The van der Waals surface area contributed by atoms with Gasteiger partial charge in [-0.05, 0) is 49.1 Å². The number of hydrogen-bond acceptors (Lipinski definition) is 2. The van der Waals surface area contributed by atoms with Gasteiger partial charge in [0.2, 0.25) is 0 Å². The summed E-state index contributed by atoms with van der Waals surface area (Å²) in [6.07, 6.45) is 2.66. The second-order valence-corrected chi connectivity index (χ2v) is 6.30. The van der Waals surface area contributed by atoms with Crippen LogP contribution < -0.4 is 5.32 Å². The number of amides is 1. The predicted molar refractivity (Wildman–Crippen MR) is 93.1 cm³/mol. The molecule has 0 spiro atoms. The van der Waals surface area contributed by atoms with Crippen LogP contribution in [0.4, 0.5) is 10.1 Å². The minimum Gasteiger partial charge on any atom is -0.319 e. The van der Waals surface area contributed by atoms with Crippen LogP contribution in [0.3, 0.4) is 0 Å². The minimum absolute atomic E-state index is 0.0835. The smallest absolute Gasteiger partial charge is 0.256 e. The number of fused-ring (bicyclic) bond motifs is 2. The second-order valence-electron chi connectivity index (χ2n) is 5.86. The summed E-state index contributed by atoms with van der Waals surface area (Å²) in [7, 11) is 0. The Morgan fingerprint density at radius 2 is 2.00 bits per heavy atom. The van der Waals surface area contributed by atoms with Crippen molar-refractivity contribution in [3.63, 3.8) is 0 Å². The largest absolute Gasteiger partial charge is 0.319 e. The third-order valence-corrected chi connectivity index (χ3v) is 4.56. The first-order chi connectivity index (χ1) is 11.6. The number of halogens is 2. The zero-order valence-corrected chi connectivity index (χ0v) is 13.5. The Bertz CT molecular complexity index is 971. The lowest BCUT2D eigenvalue weighted by Gasteiger charge is -2.13. The average Bonchev–Trinajstić information content (AvgIpc) is 3.03. The highest BCUT2D eigenvalue weighted by Gasteiger charge is 2.24. The lowest BCUT2D eigenvalue weighted by molar-refractivity contribution is 0.102. The van der Waals surface area contributed by atoms with Crippen LogP contribution in [-0.4, -0.2) is 10.9 Å². The van der Waals surface area contributed by atoms with Crippen molar-refractivity contribution in [2.75, 3.05) is 5.32 Å². The van der Waals surface area contributed by atoms with E-state index in [1.165, 1.54) is 18.2 Å². The molecule has 1 amide bonds. The van der Waals surface area contributed by atoms with E-state index in [0.717, 1.165) is 41.4 Å². The number of aromatic nitrogens is 1. The first-order valence-corrected chi connectivity index (χ1v) is 8.18. The molecule has 1 aliphatic rings. The lowest BCUT2D eigenvalue weighted by Crippen LogP contribution is -2.16. The van der Waals surface area contributed by atoms with Crippen molar-refractivity contribution in [2.45, 2.75) is 19.3 Å². The zero-order valence-electron chi connectivity index (χ0n) is 12.8. The molecule has 120 valence electrons. The van der Waals surface area contributed by atoms with Crippen molar-refractivity contribution >= 4 is 34.1 Å². The van der Waals surface area contributed by atoms with Gasteiger partial charge in [-0.3, -0.25) is 9.78 Å². The molecule has 1 aliphatic carbocycles. The van der Waals surface area contributed by atoms with Gasteiger partial charge in [-0.2, -0.15) is 0 Å². The number of nitrogens with one attached hydrogen (secondary N) is 1. The molecule has 0 saturated heterocycles. The van der Waals surface area contributed by atoms with Crippen LogP contribution in [0.1, 0.15) is 28.0 Å². The van der Waals surface area contributed by atoms with Crippen LogP contribution in [0.5, 0.6) is 0 Å². The van der Waals surface area contributed by atoms with Gasteiger partial charge in [0.1, 0.15) is 5.82 Å². The molecular formula is C19H14ClFN2O. The van der Waals surface area contributed by atoms with E-state index in [9.17, 15) is 9.18 Å².